The summed E-state index contributed by atoms with van der Waals surface area (Å²) in [6.45, 7) is 1.53. The number of nitrogens with zero attached hydrogens (tertiary/aromatic N) is 2. The molecule has 0 fully saturated rings. The van der Waals surface area contributed by atoms with Crippen molar-refractivity contribution >= 4 is 29.2 Å². The van der Waals surface area contributed by atoms with Crippen molar-refractivity contribution < 1.29 is 32.6 Å². The molecule has 0 saturated carbocycles. The maximum atomic E-state index is 13.1. The number of halogens is 3. The van der Waals surface area contributed by atoms with Crippen LogP contribution in [0.15, 0.2) is 71.7 Å². The lowest BCUT2D eigenvalue weighted by Gasteiger charge is -2.14. The van der Waals surface area contributed by atoms with Crippen LogP contribution in [0.1, 0.15) is 39.5 Å². The zero-order chi connectivity index (χ0) is 26.6. The number of rotatable bonds is 7. The van der Waals surface area contributed by atoms with E-state index in [9.17, 15) is 27.9 Å². The maximum Gasteiger partial charge on any atom is 0.416 e. The molecule has 0 saturated heterocycles. The predicted octanol–water partition coefficient (Wildman–Crippen LogP) is 5.10. The monoisotopic (exact) mass is 510 g/mol. The predicted molar refractivity (Wildman–Crippen MR) is 131 cm³/mol. The van der Waals surface area contributed by atoms with Gasteiger partial charge >= 0.3 is 17.7 Å². The molecule has 0 spiro atoms. The number of fused-ring (bicyclic) bond motifs is 1. The molecular weight excluding hydrogens is 489 g/mol. The number of alkyl halides is 3. The Balaban J connectivity index is 1.75. The van der Waals surface area contributed by atoms with Crippen LogP contribution in [0.25, 0.3) is 23.2 Å². The first-order chi connectivity index (χ1) is 17.7. The van der Waals surface area contributed by atoms with E-state index in [0.29, 0.717) is 11.1 Å². The number of benzene rings is 2. The summed E-state index contributed by atoms with van der Waals surface area (Å²) < 4.78 is 44.1. The molecule has 2 aromatic carbocycles. The van der Waals surface area contributed by atoms with Gasteiger partial charge in [0.05, 0.1) is 17.6 Å². The average molecular weight is 510 g/mol. The van der Waals surface area contributed by atoms with Gasteiger partial charge in [0.25, 0.3) is 0 Å². The van der Waals surface area contributed by atoms with E-state index >= 15 is 0 Å². The Hall–Kier alpha value is -4.60. The lowest BCUT2D eigenvalue weighted by molar-refractivity contribution is -0.137. The Morgan fingerprint density at radius 1 is 1.05 bits per heavy atom. The molecule has 0 unspecified atom stereocenters. The van der Waals surface area contributed by atoms with Gasteiger partial charge in [-0.1, -0.05) is 54.6 Å². The van der Waals surface area contributed by atoms with Gasteiger partial charge in [0.15, 0.2) is 11.2 Å². The molecule has 190 valence electrons. The first-order valence-electron chi connectivity index (χ1n) is 11.2. The minimum Gasteiger partial charge on any atom is -0.506 e. The van der Waals surface area contributed by atoms with Gasteiger partial charge in [0, 0.05) is 6.20 Å². The smallest absolute Gasteiger partial charge is 0.416 e. The number of ether oxygens (including phenoxy) is 1. The lowest BCUT2D eigenvalue weighted by atomic mass is 10.1. The van der Waals surface area contributed by atoms with Crippen molar-refractivity contribution in [3.63, 3.8) is 0 Å². The van der Waals surface area contributed by atoms with Crippen LogP contribution in [0, 0.1) is 0 Å². The van der Waals surface area contributed by atoms with Gasteiger partial charge in [-0.25, -0.2) is 9.78 Å². The van der Waals surface area contributed by atoms with Crippen molar-refractivity contribution in [2.75, 3.05) is 6.61 Å². The molecule has 7 nitrogen and oxygen atoms in total. The quantitative estimate of drug-likeness (QED) is 0.348. The van der Waals surface area contributed by atoms with E-state index in [1.807, 2.05) is 6.07 Å². The third-order valence-corrected chi connectivity index (χ3v) is 5.36. The van der Waals surface area contributed by atoms with E-state index in [1.54, 1.807) is 43.3 Å². The van der Waals surface area contributed by atoms with Crippen LogP contribution in [0.2, 0.25) is 0 Å². The molecule has 2 heterocycles. The van der Waals surface area contributed by atoms with E-state index in [4.69, 9.17) is 9.57 Å². The van der Waals surface area contributed by atoms with Gasteiger partial charge in [-0.05, 0) is 41.8 Å². The Morgan fingerprint density at radius 3 is 2.38 bits per heavy atom. The number of hydrogen-bond acceptors (Lipinski definition) is 6. The van der Waals surface area contributed by atoms with E-state index in [-0.39, 0.29) is 24.2 Å². The molecule has 10 heteroatoms. The molecule has 0 atom stereocenters. The van der Waals surface area contributed by atoms with Gasteiger partial charge in [-0.3, -0.25) is 4.79 Å². The zero-order valence-corrected chi connectivity index (χ0v) is 19.5. The molecular formula is C27H21F3N2O5. The highest BCUT2D eigenvalue weighted by atomic mass is 19.4. The van der Waals surface area contributed by atoms with Crippen molar-refractivity contribution in [1.29, 1.82) is 0 Å². The normalized spacial score (nSPS) is 11.7. The fourth-order valence-corrected chi connectivity index (χ4v) is 3.53. The second kappa shape index (κ2) is 10.6. The number of aromatic nitrogens is 2. The second-order valence-electron chi connectivity index (χ2n) is 7.90. The van der Waals surface area contributed by atoms with Crippen molar-refractivity contribution in [3.8, 4) is 5.75 Å². The summed E-state index contributed by atoms with van der Waals surface area (Å²) >= 11 is 0. The van der Waals surface area contributed by atoms with Gasteiger partial charge in [-0.15, -0.1) is 4.73 Å². The molecule has 0 amide bonds. The van der Waals surface area contributed by atoms with E-state index < -0.39 is 34.6 Å². The lowest BCUT2D eigenvalue weighted by Crippen LogP contribution is -2.32. The van der Waals surface area contributed by atoms with Crippen LogP contribution in [-0.2, 0) is 17.5 Å². The second-order valence-corrected chi connectivity index (χ2v) is 7.90. The summed E-state index contributed by atoms with van der Waals surface area (Å²) in [7, 11) is 0. The third kappa shape index (κ3) is 5.64. The minimum atomic E-state index is -4.43. The molecule has 0 aliphatic rings. The number of carbonyl (C=O) groups is 1. The number of esters is 1. The summed E-state index contributed by atoms with van der Waals surface area (Å²) in [5.74, 6) is -1.63. The summed E-state index contributed by atoms with van der Waals surface area (Å²) in [6, 6.07) is 15.1. The van der Waals surface area contributed by atoms with Gasteiger partial charge in [0.1, 0.15) is 12.4 Å². The molecule has 0 aliphatic heterocycles. The Bertz CT molecular complexity index is 1510. The summed E-state index contributed by atoms with van der Waals surface area (Å²) in [6.07, 6.45) is 0.0955. The van der Waals surface area contributed by atoms with E-state index in [2.05, 4.69) is 4.98 Å². The SMILES string of the molecule is CCOC(=O)c1c(O)c2cc(/C=C/c3ccc(C(F)(F)F)cc3)cnc2n(OCc2ccccc2)c1=O. The number of hydrogen-bond donors (Lipinski definition) is 1. The van der Waals surface area contributed by atoms with Gasteiger partial charge in [-0.2, -0.15) is 13.2 Å². The van der Waals surface area contributed by atoms with Crippen molar-refractivity contribution in [1.82, 2.24) is 9.71 Å². The molecule has 0 bridgehead atoms. The average Bonchev–Trinajstić information content (AvgIpc) is 2.88. The number of aromatic hydroxyl groups is 1. The first-order valence-corrected chi connectivity index (χ1v) is 11.2. The zero-order valence-electron chi connectivity index (χ0n) is 19.5. The summed E-state index contributed by atoms with van der Waals surface area (Å²) in [5, 5.41) is 10.9. The standard InChI is InChI=1S/C27H21F3N2O5/c1-2-36-26(35)22-23(33)21-14-19(9-8-17-10-12-20(13-11-17)27(28,29)30)15-31-24(21)32(25(22)34)37-16-18-6-4-3-5-7-18/h3-15,33H,2,16H2,1H3/b9-8+. The van der Waals surface area contributed by atoms with Crippen molar-refractivity contribution in [3.05, 3.63) is 105 Å². The Kier molecular flexibility index (Phi) is 7.28. The van der Waals surface area contributed by atoms with Crippen LogP contribution in [0.4, 0.5) is 13.2 Å². The minimum absolute atomic E-state index is 0.0137. The maximum absolute atomic E-state index is 13.1. The summed E-state index contributed by atoms with van der Waals surface area (Å²) in [4.78, 5) is 35.5. The topological polar surface area (TPSA) is 90.7 Å². The highest BCUT2D eigenvalue weighted by Crippen LogP contribution is 2.30. The molecule has 4 rings (SSSR count). The largest absolute Gasteiger partial charge is 0.506 e. The molecule has 2 aromatic heterocycles. The number of carbonyl (C=O) groups excluding carboxylic acids is 1. The Morgan fingerprint density at radius 2 is 1.73 bits per heavy atom. The van der Waals surface area contributed by atoms with Crippen LogP contribution in [-0.4, -0.2) is 27.4 Å². The highest BCUT2D eigenvalue weighted by molar-refractivity contribution is 5.99. The van der Waals surface area contributed by atoms with Crippen LogP contribution < -0.4 is 10.4 Å². The first kappa shape index (κ1) is 25.5. The fourth-order valence-electron chi connectivity index (χ4n) is 3.53. The molecule has 37 heavy (non-hydrogen) atoms. The number of pyridine rings is 2. The molecule has 0 aliphatic carbocycles. The van der Waals surface area contributed by atoms with Gasteiger partial charge < -0.3 is 14.7 Å². The molecule has 1 N–H and O–H groups in total. The van der Waals surface area contributed by atoms with E-state index in [1.165, 1.54) is 24.4 Å². The van der Waals surface area contributed by atoms with Crippen LogP contribution in [0.5, 0.6) is 5.75 Å². The third-order valence-electron chi connectivity index (χ3n) is 5.36. The van der Waals surface area contributed by atoms with Crippen LogP contribution in [0.3, 0.4) is 0 Å². The van der Waals surface area contributed by atoms with Gasteiger partial charge in [0.2, 0.25) is 0 Å². The van der Waals surface area contributed by atoms with Crippen LogP contribution >= 0.6 is 0 Å². The molecule has 4 aromatic rings. The van der Waals surface area contributed by atoms with E-state index in [0.717, 1.165) is 22.4 Å². The Labute approximate surface area is 209 Å². The van der Waals surface area contributed by atoms with Crippen molar-refractivity contribution in [2.24, 2.45) is 0 Å². The summed E-state index contributed by atoms with van der Waals surface area (Å²) in [5.41, 5.74) is -0.621. The highest BCUT2D eigenvalue weighted by Gasteiger charge is 2.30. The fraction of sp³-hybridized carbons (Fsp3) is 0.148. The molecule has 0 radical (unpaired) electrons. The van der Waals surface area contributed by atoms with Crippen molar-refractivity contribution in [2.45, 2.75) is 19.7 Å².